The van der Waals surface area contributed by atoms with Crippen LogP contribution in [-0.4, -0.2) is 29.7 Å². The topological polar surface area (TPSA) is 85.0 Å². The van der Waals surface area contributed by atoms with Gasteiger partial charge in [0.1, 0.15) is 12.3 Å². The molecule has 1 aliphatic rings. The van der Waals surface area contributed by atoms with Crippen molar-refractivity contribution in [3.8, 4) is 0 Å². The van der Waals surface area contributed by atoms with Gasteiger partial charge >= 0.3 is 6.09 Å². The smallest absolute Gasteiger partial charge is 0.414 e. The number of benzene rings is 1. The number of nitrogens with zero attached hydrogens (tertiary/aromatic N) is 2. The molecule has 0 bridgehead atoms. The number of carbonyl (C=O) groups is 2. The van der Waals surface area contributed by atoms with E-state index in [2.05, 4.69) is 4.99 Å². The molecule has 6 heteroatoms. The zero-order valence-electron chi connectivity index (χ0n) is 10.2. The Morgan fingerprint density at radius 3 is 2.84 bits per heavy atom. The summed E-state index contributed by atoms with van der Waals surface area (Å²) in [5.74, 6) is -0.557. The average molecular weight is 259 g/mol. The van der Waals surface area contributed by atoms with Crippen molar-refractivity contribution in [2.75, 3.05) is 6.54 Å². The fraction of sp³-hybridized carbons (Fsp3) is 0.154. The van der Waals surface area contributed by atoms with Crippen LogP contribution in [0.5, 0.6) is 0 Å². The summed E-state index contributed by atoms with van der Waals surface area (Å²) in [6.45, 7) is 0.315. The number of hydrogen-bond acceptors (Lipinski definition) is 4. The molecule has 6 nitrogen and oxygen atoms in total. The van der Waals surface area contributed by atoms with E-state index in [1.54, 1.807) is 0 Å². The summed E-state index contributed by atoms with van der Waals surface area (Å²) >= 11 is 0. The van der Waals surface area contributed by atoms with Gasteiger partial charge in [0.05, 0.1) is 6.54 Å². The quantitative estimate of drug-likeness (QED) is 0.859. The van der Waals surface area contributed by atoms with E-state index in [4.69, 9.17) is 10.5 Å². The Labute approximate surface area is 110 Å². The summed E-state index contributed by atoms with van der Waals surface area (Å²) in [6.07, 6.45) is 1.98. The fourth-order valence-corrected chi connectivity index (χ4v) is 1.49. The van der Waals surface area contributed by atoms with Gasteiger partial charge in [0.2, 0.25) is 0 Å². The van der Waals surface area contributed by atoms with E-state index in [1.165, 1.54) is 17.3 Å². The predicted molar refractivity (Wildman–Crippen MR) is 69.1 cm³/mol. The highest BCUT2D eigenvalue weighted by Crippen LogP contribution is 2.06. The lowest BCUT2D eigenvalue weighted by Gasteiger charge is -2.15. The van der Waals surface area contributed by atoms with Gasteiger partial charge in [-0.05, 0) is 5.56 Å². The molecular weight excluding hydrogens is 246 g/mol. The van der Waals surface area contributed by atoms with Gasteiger partial charge in [-0.2, -0.15) is 0 Å². The molecule has 0 aliphatic carbocycles. The SMILES string of the molecule is NC1=CN(C(=O)OCc2ccccc2)CC=NC1=O. The normalized spacial score (nSPS) is 14.8. The van der Waals surface area contributed by atoms with Gasteiger partial charge in [0.15, 0.2) is 0 Å². The van der Waals surface area contributed by atoms with Crippen molar-refractivity contribution >= 4 is 18.2 Å². The lowest BCUT2D eigenvalue weighted by atomic mass is 10.2. The standard InChI is InChI=1S/C13H13N3O3/c14-11-8-16(7-6-15-12(11)17)13(18)19-9-10-4-2-1-3-5-10/h1-6,8H,7,9,14H2. The Morgan fingerprint density at radius 1 is 1.37 bits per heavy atom. The molecule has 1 aromatic carbocycles. The van der Waals surface area contributed by atoms with E-state index >= 15 is 0 Å². The second kappa shape index (κ2) is 5.81. The first-order valence-corrected chi connectivity index (χ1v) is 5.68. The van der Waals surface area contributed by atoms with Crippen molar-refractivity contribution in [2.45, 2.75) is 6.61 Å². The zero-order chi connectivity index (χ0) is 13.7. The van der Waals surface area contributed by atoms with Gasteiger partial charge < -0.3 is 10.5 Å². The Balaban J connectivity index is 1.97. The number of hydrogen-bond donors (Lipinski definition) is 1. The Morgan fingerprint density at radius 2 is 2.11 bits per heavy atom. The fourth-order valence-electron chi connectivity index (χ4n) is 1.49. The van der Waals surface area contributed by atoms with Crippen LogP contribution in [0.1, 0.15) is 5.56 Å². The van der Waals surface area contributed by atoms with E-state index in [-0.39, 0.29) is 18.8 Å². The highest BCUT2D eigenvalue weighted by molar-refractivity contribution is 5.99. The van der Waals surface area contributed by atoms with E-state index < -0.39 is 12.0 Å². The van der Waals surface area contributed by atoms with Crippen molar-refractivity contribution in [2.24, 2.45) is 10.7 Å². The van der Waals surface area contributed by atoms with E-state index in [1.807, 2.05) is 30.3 Å². The van der Waals surface area contributed by atoms with Crippen LogP contribution in [0.25, 0.3) is 0 Å². The van der Waals surface area contributed by atoms with E-state index in [9.17, 15) is 9.59 Å². The number of carbonyl (C=O) groups excluding carboxylic acids is 2. The van der Waals surface area contributed by atoms with Crippen LogP contribution in [0.2, 0.25) is 0 Å². The molecule has 0 spiro atoms. The summed E-state index contributed by atoms with van der Waals surface area (Å²) in [5, 5.41) is 0. The molecule has 0 saturated carbocycles. The third-order valence-electron chi connectivity index (χ3n) is 2.47. The van der Waals surface area contributed by atoms with Crippen LogP contribution in [0.3, 0.4) is 0 Å². The van der Waals surface area contributed by atoms with Crippen molar-refractivity contribution in [3.05, 3.63) is 47.8 Å². The molecule has 1 aliphatic heterocycles. The van der Waals surface area contributed by atoms with Crippen LogP contribution >= 0.6 is 0 Å². The summed E-state index contributed by atoms with van der Waals surface area (Å²) in [5.41, 5.74) is 6.25. The molecule has 1 aromatic rings. The monoisotopic (exact) mass is 259 g/mol. The van der Waals surface area contributed by atoms with Crippen LogP contribution in [0.4, 0.5) is 4.79 Å². The van der Waals surface area contributed by atoms with Gasteiger partial charge in [-0.15, -0.1) is 0 Å². The maximum atomic E-state index is 11.8. The molecule has 0 unspecified atom stereocenters. The predicted octanol–water partition coefficient (Wildman–Crippen LogP) is 1.04. The number of rotatable bonds is 2. The van der Waals surface area contributed by atoms with Crippen LogP contribution in [0, 0.1) is 0 Å². The first-order chi connectivity index (χ1) is 9.16. The van der Waals surface area contributed by atoms with Gasteiger partial charge in [-0.25, -0.2) is 9.79 Å². The van der Waals surface area contributed by atoms with Crippen LogP contribution < -0.4 is 5.73 Å². The van der Waals surface area contributed by atoms with E-state index in [0.29, 0.717) is 0 Å². The van der Waals surface area contributed by atoms with Gasteiger partial charge in [0, 0.05) is 12.4 Å². The summed E-state index contributed by atoms with van der Waals surface area (Å²) < 4.78 is 5.12. The second-order valence-electron chi connectivity index (χ2n) is 3.89. The molecule has 0 fully saturated rings. The Hall–Kier alpha value is -2.63. The minimum Gasteiger partial charge on any atom is -0.444 e. The maximum absolute atomic E-state index is 11.8. The van der Waals surface area contributed by atoms with Crippen molar-refractivity contribution in [3.63, 3.8) is 0 Å². The molecule has 2 N–H and O–H groups in total. The molecular formula is C13H13N3O3. The summed E-state index contributed by atoms with van der Waals surface area (Å²) in [7, 11) is 0. The highest BCUT2D eigenvalue weighted by Gasteiger charge is 2.17. The van der Waals surface area contributed by atoms with Gasteiger partial charge in [0.25, 0.3) is 5.91 Å². The molecule has 2 amide bonds. The van der Waals surface area contributed by atoms with Crippen LogP contribution in [-0.2, 0) is 16.1 Å². The molecule has 98 valence electrons. The van der Waals surface area contributed by atoms with Gasteiger partial charge in [-0.1, -0.05) is 30.3 Å². The van der Waals surface area contributed by atoms with E-state index in [0.717, 1.165) is 5.56 Å². The lowest BCUT2D eigenvalue weighted by Crippen LogP contribution is -2.28. The number of ether oxygens (including phenoxy) is 1. The van der Waals surface area contributed by atoms with Gasteiger partial charge in [-0.3, -0.25) is 9.69 Å². The Kier molecular flexibility index (Phi) is 3.92. The molecule has 1 heterocycles. The van der Waals surface area contributed by atoms with Crippen molar-refractivity contribution in [1.29, 1.82) is 0 Å². The minimum atomic E-state index is -0.576. The Bertz CT molecular complexity index is 537. The third kappa shape index (κ3) is 3.41. The summed E-state index contributed by atoms with van der Waals surface area (Å²) in [6, 6.07) is 9.30. The number of nitrogens with two attached hydrogens (primary N) is 1. The van der Waals surface area contributed by atoms with Crippen LogP contribution in [0.15, 0.2) is 47.2 Å². The number of amides is 2. The molecule has 19 heavy (non-hydrogen) atoms. The average Bonchev–Trinajstić information content (AvgIpc) is 2.60. The molecule has 2 rings (SSSR count). The molecule has 0 aromatic heterocycles. The highest BCUT2D eigenvalue weighted by atomic mass is 16.6. The first kappa shape index (κ1) is 12.8. The maximum Gasteiger partial charge on any atom is 0.414 e. The second-order valence-corrected chi connectivity index (χ2v) is 3.89. The molecule has 0 atom stereocenters. The zero-order valence-corrected chi connectivity index (χ0v) is 10.2. The summed E-state index contributed by atoms with van der Waals surface area (Å²) in [4.78, 5) is 27.7. The largest absolute Gasteiger partial charge is 0.444 e. The first-order valence-electron chi connectivity index (χ1n) is 5.68. The minimum absolute atomic E-state index is 0.0922. The third-order valence-corrected chi connectivity index (χ3v) is 2.47. The molecule has 0 saturated heterocycles. The molecule has 0 radical (unpaired) electrons. The van der Waals surface area contributed by atoms with Crippen molar-refractivity contribution < 1.29 is 14.3 Å². The number of aliphatic imine (C=N–C) groups is 1. The van der Waals surface area contributed by atoms with Crippen molar-refractivity contribution in [1.82, 2.24) is 4.90 Å². The lowest BCUT2D eigenvalue weighted by molar-refractivity contribution is -0.114.